The first-order chi connectivity index (χ1) is 11.2. The number of esters is 1. The Balaban J connectivity index is 1.91. The monoisotopic (exact) mass is 328 g/mol. The fourth-order valence-electron chi connectivity index (χ4n) is 2.17. The van der Waals surface area contributed by atoms with Crippen LogP contribution in [0.2, 0.25) is 0 Å². The van der Waals surface area contributed by atoms with E-state index in [1.54, 1.807) is 0 Å². The Morgan fingerprint density at radius 3 is 2.17 bits per heavy atom. The van der Waals surface area contributed by atoms with Gasteiger partial charge in [-0.1, -0.05) is 60.7 Å². The summed E-state index contributed by atoms with van der Waals surface area (Å²) in [4.78, 5) is 12.0. The van der Waals surface area contributed by atoms with Crippen molar-refractivity contribution in [3.05, 3.63) is 71.8 Å². The summed E-state index contributed by atoms with van der Waals surface area (Å²) in [6, 6.07) is 19.2. The third kappa shape index (κ3) is 5.71. The Hall–Kier alpha value is -2.40. The molecular formula is C18H20N2O2S. The molecule has 23 heavy (non-hydrogen) atoms. The van der Waals surface area contributed by atoms with Crippen LogP contribution in [0.3, 0.4) is 0 Å². The van der Waals surface area contributed by atoms with Crippen LogP contribution in [0.25, 0.3) is 0 Å². The van der Waals surface area contributed by atoms with Crippen molar-refractivity contribution < 1.29 is 9.53 Å². The molecule has 0 aliphatic heterocycles. The molecule has 120 valence electrons. The van der Waals surface area contributed by atoms with Crippen LogP contribution in [-0.4, -0.2) is 24.2 Å². The maximum absolute atomic E-state index is 12.0. The molecule has 0 amide bonds. The van der Waals surface area contributed by atoms with Crippen molar-refractivity contribution in [1.29, 1.82) is 0 Å². The van der Waals surface area contributed by atoms with Crippen molar-refractivity contribution >= 4 is 23.3 Å². The van der Waals surface area contributed by atoms with E-state index in [0.29, 0.717) is 18.1 Å². The third-order valence-corrected chi connectivity index (χ3v) is 3.63. The molecule has 0 bridgehead atoms. The minimum atomic E-state index is -0.516. The number of benzene rings is 2. The molecule has 0 radical (unpaired) electrons. The smallest absolute Gasteiger partial charge is 0.328 e. The number of hydrogen-bond donors (Lipinski definition) is 2. The van der Waals surface area contributed by atoms with Gasteiger partial charge in [-0.2, -0.15) is 0 Å². The Labute approximate surface area is 141 Å². The molecule has 0 spiro atoms. The highest BCUT2D eigenvalue weighted by Crippen LogP contribution is 2.05. The lowest BCUT2D eigenvalue weighted by Gasteiger charge is -2.19. The highest BCUT2D eigenvalue weighted by molar-refractivity contribution is 7.80. The van der Waals surface area contributed by atoms with Gasteiger partial charge in [-0.15, -0.1) is 0 Å². The second-order valence-electron chi connectivity index (χ2n) is 5.08. The lowest BCUT2D eigenvalue weighted by atomic mass is 10.1. The standard InChI is InChI=1S/C18H20N2O2S/c1-22-17(21)16(12-14-8-4-2-5-9-14)20-18(23)19-13-15-10-6-3-7-11-15/h2-11,16H,12-13H2,1H3,(H2,19,20,23). The van der Waals surface area contributed by atoms with Gasteiger partial charge in [0, 0.05) is 13.0 Å². The van der Waals surface area contributed by atoms with Crippen molar-refractivity contribution in [2.24, 2.45) is 0 Å². The van der Waals surface area contributed by atoms with E-state index >= 15 is 0 Å². The number of carbonyl (C=O) groups is 1. The summed E-state index contributed by atoms with van der Waals surface area (Å²) >= 11 is 5.28. The molecule has 1 atom stereocenters. The summed E-state index contributed by atoms with van der Waals surface area (Å²) < 4.78 is 4.86. The highest BCUT2D eigenvalue weighted by atomic mass is 32.1. The van der Waals surface area contributed by atoms with Gasteiger partial charge in [-0.05, 0) is 23.3 Å². The largest absolute Gasteiger partial charge is 0.467 e. The van der Waals surface area contributed by atoms with Gasteiger partial charge in [0.15, 0.2) is 5.11 Å². The third-order valence-electron chi connectivity index (χ3n) is 3.37. The van der Waals surface area contributed by atoms with Crippen LogP contribution in [-0.2, 0) is 22.5 Å². The fourth-order valence-corrected chi connectivity index (χ4v) is 2.39. The van der Waals surface area contributed by atoms with Gasteiger partial charge in [-0.3, -0.25) is 0 Å². The first kappa shape index (κ1) is 17.0. The summed E-state index contributed by atoms with van der Waals surface area (Å²) in [6.45, 7) is 0.603. The van der Waals surface area contributed by atoms with Crippen LogP contribution in [0.4, 0.5) is 0 Å². The van der Waals surface area contributed by atoms with Crippen molar-refractivity contribution in [3.63, 3.8) is 0 Å². The number of nitrogens with one attached hydrogen (secondary N) is 2. The molecule has 1 unspecified atom stereocenters. The summed E-state index contributed by atoms with van der Waals surface area (Å²) in [5, 5.41) is 6.57. The number of thiocarbonyl (C=S) groups is 1. The van der Waals surface area contributed by atoms with Crippen LogP contribution in [0.5, 0.6) is 0 Å². The van der Waals surface area contributed by atoms with Crippen molar-refractivity contribution in [3.8, 4) is 0 Å². The Bertz CT molecular complexity index is 632. The molecule has 2 rings (SSSR count). The van der Waals surface area contributed by atoms with Crippen molar-refractivity contribution in [1.82, 2.24) is 10.6 Å². The summed E-state index contributed by atoms with van der Waals surface area (Å²) in [5.74, 6) is -0.335. The molecule has 4 nitrogen and oxygen atoms in total. The van der Waals surface area contributed by atoms with E-state index in [2.05, 4.69) is 10.6 Å². The zero-order chi connectivity index (χ0) is 16.5. The van der Waals surface area contributed by atoms with Gasteiger partial charge >= 0.3 is 5.97 Å². The van der Waals surface area contributed by atoms with Crippen LogP contribution < -0.4 is 10.6 Å². The molecule has 2 aromatic carbocycles. The highest BCUT2D eigenvalue weighted by Gasteiger charge is 2.20. The first-order valence-electron chi connectivity index (χ1n) is 7.39. The zero-order valence-electron chi connectivity index (χ0n) is 13.0. The van der Waals surface area contributed by atoms with Crippen molar-refractivity contribution in [2.75, 3.05) is 7.11 Å². The maximum atomic E-state index is 12.0. The second kappa shape index (κ2) is 8.90. The number of rotatable bonds is 6. The van der Waals surface area contributed by atoms with Gasteiger partial charge in [0.2, 0.25) is 0 Å². The predicted molar refractivity (Wildman–Crippen MR) is 95.0 cm³/mol. The molecule has 0 fully saturated rings. The molecule has 0 aliphatic carbocycles. The molecular weight excluding hydrogens is 308 g/mol. The van der Waals surface area contributed by atoms with E-state index < -0.39 is 6.04 Å². The number of ether oxygens (including phenoxy) is 1. The van der Waals surface area contributed by atoms with Gasteiger partial charge in [-0.25, -0.2) is 4.79 Å². The van der Waals surface area contributed by atoms with E-state index in [9.17, 15) is 4.79 Å². The Morgan fingerprint density at radius 1 is 1.04 bits per heavy atom. The molecule has 2 N–H and O–H groups in total. The lowest BCUT2D eigenvalue weighted by Crippen LogP contribution is -2.47. The van der Waals surface area contributed by atoms with Gasteiger partial charge in [0.1, 0.15) is 6.04 Å². The van der Waals surface area contributed by atoms with E-state index in [4.69, 9.17) is 17.0 Å². The molecule has 0 aromatic heterocycles. The zero-order valence-corrected chi connectivity index (χ0v) is 13.8. The molecule has 0 heterocycles. The van der Waals surface area contributed by atoms with E-state index in [-0.39, 0.29) is 5.97 Å². The predicted octanol–water partition coefficient (Wildman–Crippen LogP) is 2.44. The SMILES string of the molecule is COC(=O)C(Cc1ccccc1)NC(=S)NCc1ccccc1. The lowest BCUT2D eigenvalue weighted by molar-refractivity contribution is -0.142. The fraction of sp³-hybridized carbons (Fsp3) is 0.222. The normalized spacial score (nSPS) is 11.3. The molecule has 2 aromatic rings. The minimum Gasteiger partial charge on any atom is -0.467 e. The Kier molecular flexibility index (Phi) is 6.56. The van der Waals surface area contributed by atoms with Gasteiger partial charge in [0.05, 0.1) is 7.11 Å². The number of hydrogen-bond acceptors (Lipinski definition) is 3. The Morgan fingerprint density at radius 2 is 1.61 bits per heavy atom. The van der Waals surface area contributed by atoms with Crippen LogP contribution in [0, 0.1) is 0 Å². The first-order valence-corrected chi connectivity index (χ1v) is 7.80. The van der Waals surface area contributed by atoms with Crippen LogP contribution >= 0.6 is 12.2 Å². The van der Waals surface area contributed by atoms with E-state index in [0.717, 1.165) is 11.1 Å². The topological polar surface area (TPSA) is 50.4 Å². The van der Waals surface area contributed by atoms with Gasteiger partial charge < -0.3 is 15.4 Å². The summed E-state index contributed by atoms with van der Waals surface area (Å²) in [7, 11) is 1.38. The van der Waals surface area contributed by atoms with Crippen LogP contribution in [0.15, 0.2) is 60.7 Å². The molecule has 0 aliphatic rings. The number of methoxy groups -OCH3 is 1. The quantitative estimate of drug-likeness (QED) is 0.630. The molecule has 0 saturated carbocycles. The van der Waals surface area contributed by atoms with E-state index in [1.165, 1.54) is 7.11 Å². The summed E-state index contributed by atoms with van der Waals surface area (Å²) in [5.41, 5.74) is 2.16. The summed E-state index contributed by atoms with van der Waals surface area (Å²) in [6.07, 6.45) is 0.515. The maximum Gasteiger partial charge on any atom is 0.328 e. The average Bonchev–Trinajstić information content (AvgIpc) is 2.60. The molecule has 0 saturated heterocycles. The molecule has 5 heteroatoms. The second-order valence-corrected chi connectivity index (χ2v) is 5.49. The number of carbonyl (C=O) groups excluding carboxylic acids is 1. The van der Waals surface area contributed by atoms with Crippen molar-refractivity contribution in [2.45, 2.75) is 19.0 Å². The van der Waals surface area contributed by atoms with E-state index in [1.807, 2.05) is 60.7 Å². The minimum absolute atomic E-state index is 0.335. The van der Waals surface area contributed by atoms with Gasteiger partial charge in [0.25, 0.3) is 0 Å². The van der Waals surface area contributed by atoms with Crippen LogP contribution in [0.1, 0.15) is 11.1 Å². The average molecular weight is 328 g/mol.